The molecule has 0 saturated heterocycles. The molecule has 27 heavy (non-hydrogen) atoms. The van der Waals surface area contributed by atoms with Crippen molar-refractivity contribution in [3.8, 4) is 0 Å². The van der Waals surface area contributed by atoms with Gasteiger partial charge in [-0.05, 0) is 43.5 Å². The van der Waals surface area contributed by atoms with Crippen LogP contribution in [0.2, 0.25) is 0 Å². The van der Waals surface area contributed by atoms with Gasteiger partial charge in [-0.15, -0.1) is 12.4 Å². The number of rotatable bonds is 7. The third-order valence-corrected chi connectivity index (χ3v) is 4.36. The second kappa shape index (κ2) is 10.7. The van der Waals surface area contributed by atoms with Crippen LogP contribution in [-0.2, 0) is 11.3 Å². The van der Waals surface area contributed by atoms with E-state index >= 15 is 0 Å². The second-order valence-corrected chi connectivity index (χ2v) is 6.59. The number of hydrogen-bond donors (Lipinski definition) is 3. The van der Waals surface area contributed by atoms with E-state index in [0.717, 1.165) is 23.1 Å². The Bertz CT molecular complexity index is 762. The predicted octanol–water partition coefficient (Wildman–Crippen LogP) is 3.26. The normalized spacial score (nSPS) is 12.4. The van der Waals surface area contributed by atoms with Crippen LogP contribution in [0.15, 0.2) is 48.5 Å². The van der Waals surface area contributed by atoms with Gasteiger partial charge in [0.15, 0.2) is 0 Å². The Kier molecular flexibility index (Phi) is 8.98. The number of benzene rings is 2. The van der Waals surface area contributed by atoms with E-state index < -0.39 is 6.04 Å². The number of aryl methyl sites for hydroxylation is 1. The van der Waals surface area contributed by atoms with E-state index in [2.05, 4.69) is 10.6 Å². The van der Waals surface area contributed by atoms with Crippen molar-refractivity contribution in [3.63, 3.8) is 0 Å². The first-order valence-corrected chi connectivity index (χ1v) is 8.90. The van der Waals surface area contributed by atoms with E-state index in [1.54, 1.807) is 12.1 Å². The fraction of sp³-hybridized carbons (Fsp3) is 0.333. The van der Waals surface area contributed by atoms with E-state index in [-0.39, 0.29) is 30.3 Å². The van der Waals surface area contributed by atoms with Gasteiger partial charge in [0.2, 0.25) is 5.91 Å². The fourth-order valence-corrected chi connectivity index (χ4v) is 2.46. The van der Waals surface area contributed by atoms with Crippen LogP contribution in [0.25, 0.3) is 0 Å². The number of amides is 2. The summed E-state index contributed by atoms with van der Waals surface area (Å²) >= 11 is 0. The maximum atomic E-state index is 12.3. The maximum Gasteiger partial charge on any atom is 0.251 e. The molecule has 0 aromatic heterocycles. The summed E-state index contributed by atoms with van der Waals surface area (Å²) in [6, 6.07) is 14.2. The van der Waals surface area contributed by atoms with Crippen molar-refractivity contribution in [1.29, 1.82) is 0 Å². The molecule has 0 bridgehead atoms. The quantitative estimate of drug-likeness (QED) is 0.679. The van der Waals surface area contributed by atoms with Crippen molar-refractivity contribution in [2.45, 2.75) is 45.8 Å². The lowest BCUT2D eigenvalue weighted by molar-refractivity contribution is -0.122. The fourth-order valence-electron chi connectivity index (χ4n) is 2.46. The van der Waals surface area contributed by atoms with Crippen LogP contribution in [0.1, 0.15) is 53.4 Å². The van der Waals surface area contributed by atoms with E-state index in [4.69, 9.17) is 5.73 Å². The van der Waals surface area contributed by atoms with E-state index in [0.29, 0.717) is 12.1 Å². The number of nitrogens with one attached hydrogen (secondary N) is 2. The minimum Gasteiger partial charge on any atom is -0.350 e. The second-order valence-electron chi connectivity index (χ2n) is 6.59. The molecule has 0 radical (unpaired) electrons. The van der Waals surface area contributed by atoms with E-state index in [9.17, 15) is 9.59 Å². The highest BCUT2D eigenvalue weighted by Crippen LogP contribution is 2.12. The largest absolute Gasteiger partial charge is 0.350 e. The molecule has 2 aromatic carbocycles. The first-order chi connectivity index (χ1) is 12.4. The zero-order chi connectivity index (χ0) is 19.1. The monoisotopic (exact) mass is 389 g/mol. The molecular weight excluding hydrogens is 362 g/mol. The van der Waals surface area contributed by atoms with Crippen LogP contribution in [0.5, 0.6) is 0 Å². The molecule has 2 unspecified atom stereocenters. The molecule has 5 nitrogen and oxygen atoms in total. The van der Waals surface area contributed by atoms with Crippen molar-refractivity contribution in [1.82, 2.24) is 10.6 Å². The average molecular weight is 390 g/mol. The highest BCUT2D eigenvalue weighted by Gasteiger charge is 2.15. The Labute approximate surface area is 167 Å². The molecule has 0 saturated carbocycles. The molecule has 4 N–H and O–H groups in total. The summed E-state index contributed by atoms with van der Waals surface area (Å²) in [6.45, 7) is 6.30. The van der Waals surface area contributed by atoms with E-state index in [1.165, 1.54) is 0 Å². The highest BCUT2D eigenvalue weighted by molar-refractivity contribution is 5.94. The van der Waals surface area contributed by atoms with Crippen molar-refractivity contribution >= 4 is 24.2 Å². The molecule has 2 amide bonds. The third-order valence-electron chi connectivity index (χ3n) is 4.36. The van der Waals surface area contributed by atoms with Crippen LogP contribution >= 0.6 is 12.4 Å². The predicted molar refractivity (Wildman–Crippen MR) is 111 cm³/mol. The van der Waals surface area contributed by atoms with Crippen molar-refractivity contribution in [3.05, 3.63) is 70.8 Å². The smallest absolute Gasteiger partial charge is 0.251 e. The van der Waals surface area contributed by atoms with Crippen LogP contribution in [0.3, 0.4) is 0 Å². The van der Waals surface area contributed by atoms with Gasteiger partial charge in [0.05, 0.1) is 0 Å². The van der Waals surface area contributed by atoms with Crippen LogP contribution in [-0.4, -0.2) is 17.9 Å². The molecule has 0 aliphatic rings. The Morgan fingerprint density at radius 3 is 2.41 bits per heavy atom. The Morgan fingerprint density at radius 1 is 1.11 bits per heavy atom. The molecular formula is C21H28ClN3O2. The van der Waals surface area contributed by atoms with E-state index in [1.807, 2.05) is 57.2 Å². The van der Waals surface area contributed by atoms with Gasteiger partial charge < -0.3 is 16.4 Å². The topological polar surface area (TPSA) is 84.2 Å². The Morgan fingerprint density at radius 2 is 1.78 bits per heavy atom. The third kappa shape index (κ3) is 6.70. The summed E-state index contributed by atoms with van der Waals surface area (Å²) in [7, 11) is 0. The minimum atomic E-state index is -0.715. The summed E-state index contributed by atoms with van der Waals surface area (Å²) in [5.41, 5.74) is 9.35. The lowest BCUT2D eigenvalue weighted by Crippen LogP contribution is -2.34. The zero-order valence-electron chi connectivity index (χ0n) is 16.0. The van der Waals surface area contributed by atoms with Crippen LogP contribution in [0.4, 0.5) is 0 Å². The molecule has 0 spiro atoms. The Balaban J connectivity index is 0.00000364. The van der Waals surface area contributed by atoms with Gasteiger partial charge in [-0.3, -0.25) is 9.59 Å². The molecule has 2 aromatic rings. The number of nitrogens with two attached hydrogens (primary N) is 1. The number of hydrogen-bond acceptors (Lipinski definition) is 3. The zero-order valence-corrected chi connectivity index (χ0v) is 16.8. The van der Waals surface area contributed by atoms with Crippen LogP contribution in [0, 0.1) is 6.92 Å². The van der Waals surface area contributed by atoms with Crippen LogP contribution < -0.4 is 16.4 Å². The first kappa shape index (κ1) is 22.7. The maximum absolute atomic E-state index is 12.3. The molecule has 6 heteroatoms. The lowest BCUT2D eigenvalue weighted by atomic mass is 10.0. The average Bonchev–Trinajstić information content (AvgIpc) is 2.66. The summed E-state index contributed by atoms with van der Waals surface area (Å²) in [6.07, 6.45) is 0.873. The molecule has 0 aliphatic heterocycles. The van der Waals surface area contributed by atoms with Gasteiger partial charge in [0.1, 0.15) is 6.04 Å². The molecule has 0 fully saturated rings. The lowest BCUT2D eigenvalue weighted by Gasteiger charge is -2.14. The molecule has 2 atom stereocenters. The number of carbonyl (C=O) groups excluding carboxylic acids is 2. The van der Waals surface area contributed by atoms with Gasteiger partial charge in [-0.2, -0.15) is 0 Å². The number of halogens is 1. The summed E-state index contributed by atoms with van der Waals surface area (Å²) in [5.74, 6) is -0.354. The Hall–Kier alpha value is -2.37. The summed E-state index contributed by atoms with van der Waals surface area (Å²) in [5, 5.41) is 5.77. The van der Waals surface area contributed by atoms with Gasteiger partial charge in [-0.1, -0.05) is 48.9 Å². The van der Waals surface area contributed by atoms with Gasteiger partial charge in [-0.25, -0.2) is 0 Å². The SMILES string of the molecule is CCC(C)NC(=O)c1cccc(CNC(=O)C(N)c2ccc(C)cc2)c1.Cl. The highest BCUT2D eigenvalue weighted by atomic mass is 35.5. The molecule has 146 valence electrons. The first-order valence-electron chi connectivity index (χ1n) is 8.90. The molecule has 0 aliphatic carbocycles. The van der Waals surface area contributed by atoms with Gasteiger partial charge >= 0.3 is 0 Å². The standard InChI is InChI=1S/C21H27N3O2.ClH/c1-4-15(3)24-20(25)18-7-5-6-16(12-18)13-23-21(26)19(22)17-10-8-14(2)9-11-17;/h5-12,15,19H,4,13,22H2,1-3H3,(H,23,26)(H,24,25);1H. The van der Waals surface area contributed by atoms with Crippen molar-refractivity contribution < 1.29 is 9.59 Å². The minimum absolute atomic E-state index is 0. The summed E-state index contributed by atoms with van der Waals surface area (Å²) < 4.78 is 0. The molecule has 2 rings (SSSR count). The van der Waals surface area contributed by atoms with Gasteiger partial charge in [0.25, 0.3) is 5.91 Å². The summed E-state index contributed by atoms with van der Waals surface area (Å²) in [4.78, 5) is 24.5. The molecule has 0 heterocycles. The van der Waals surface area contributed by atoms with Crippen molar-refractivity contribution in [2.24, 2.45) is 5.73 Å². The van der Waals surface area contributed by atoms with Gasteiger partial charge in [0, 0.05) is 18.2 Å². The van der Waals surface area contributed by atoms with Crippen molar-refractivity contribution in [2.75, 3.05) is 0 Å². The number of carbonyl (C=O) groups is 2.